The SMILES string of the molecule is COc1cc(CNC(=O)Cc2c(Sc3cccc(F)c3)[nH]c3ccccc23)cc(OC)c1OC. The zero-order chi connectivity index (χ0) is 24.1. The average molecular weight is 481 g/mol. The molecule has 0 unspecified atom stereocenters. The molecule has 0 spiro atoms. The number of hydrogen-bond donors (Lipinski definition) is 2. The first-order chi connectivity index (χ1) is 16.5. The number of carbonyl (C=O) groups is 1. The minimum absolute atomic E-state index is 0.139. The lowest BCUT2D eigenvalue weighted by atomic mass is 10.1. The van der Waals surface area contributed by atoms with Gasteiger partial charge in [-0.15, -0.1) is 0 Å². The molecule has 176 valence electrons. The molecule has 0 atom stereocenters. The summed E-state index contributed by atoms with van der Waals surface area (Å²) in [6.07, 6.45) is 0.173. The Hall–Kier alpha value is -3.65. The highest BCUT2D eigenvalue weighted by Crippen LogP contribution is 2.38. The summed E-state index contributed by atoms with van der Waals surface area (Å²) in [6.45, 7) is 0.296. The van der Waals surface area contributed by atoms with Crippen LogP contribution in [0.3, 0.4) is 0 Å². The molecule has 6 nitrogen and oxygen atoms in total. The van der Waals surface area contributed by atoms with E-state index in [2.05, 4.69) is 10.3 Å². The average Bonchev–Trinajstić information content (AvgIpc) is 3.18. The van der Waals surface area contributed by atoms with Crippen molar-refractivity contribution in [3.8, 4) is 17.2 Å². The van der Waals surface area contributed by atoms with Gasteiger partial charge < -0.3 is 24.5 Å². The molecule has 1 heterocycles. The first kappa shape index (κ1) is 23.5. The molecule has 4 aromatic rings. The van der Waals surface area contributed by atoms with Crippen molar-refractivity contribution in [3.05, 3.63) is 77.6 Å². The summed E-state index contributed by atoms with van der Waals surface area (Å²) >= 11 is 1.40. The molecule has 0 aliphatic carbocycles. The van der Waals surface area contributed by atoms with Gasteiger partial charge in [-0.05, 0) is 42.0 Å². The van der Waals surface area contributed by atoms with Crippen molar-refractivity contribution in [2.45, 2.75) is 22.9 Å². The minimum atomic E-state index is -0.300. The number of rotatable bonds is 9. The maximum absolute atomic E-state index is 13.7. The van der Waals surface area contributed by atoms with E-state index in [1.807, 2.05) is 30.3 Å². The van der Waals surface area contributed by atoms with Crippen LogP contribution in [0.15, 0.2) is 70.6 Å². The van der Waals surface area contributed by atoms with Gasteiger partial charge in [0, 0.05) is 27.9 Å². The molecule has 0 bridgehead atoms. The number of fused-ring (bicyclic) bond motifs is 1. The van der Waals surface area contributed by atoms with Gasteiger partial charge >= 0.3 is 0 Å². The molecular formula is C26H25FN2O4S. The van der Waals surface area contributed by atoms with Crippen LogP contribution >= 0.6 is 11.8 Å². The number of carbonyl (C=O) groups excluding carboxylic acids is 1. The number of aromatic amines is 1. The van der Waals surface area contributed by atoms with E-state index in [0.717, 1.165) is 32.0 Å². The Balaban J connectivity index is 1.54. The fourth-order valence-electron chi connectivity index (χ4n) is 3.75. The fourth-order valence-corrected chi connectivity index (χ4v) is 4.77. The number of aromatic nitrogens is 1. The summed E-state index contributed by atoms with van der Waals surface area (Å²) in [7, 11) is 4.64. The third-order valence-electron chi connectivity index (χ3n) is 5.34. The molecule has 3 aromatic carbocycles. The molecule has 1 amide bonds. The lowest BCUT2D eigenvalue weighted by Gasteiger charge is -2.14. The second-order valence-electron chi connectivity index (χ2n) is 7.52. The second-order valence-corrected chi connectivity index (χ2v) is 8.61. The van der Waals surface area contributed by atoms with E-state index < -0.39 is 0 Å². The van der Waals surface area contributed by atoms with Gasteiger partial charge in [0.05, 0.1) is 32.8 Å². The maximum Gasteiger partial charge on any atom is 0.224 e. The summed E-state index contributed by atoms with van der Waals surface area (Å²) in [5.41, 5.74) is 2.61. The van der Waals surface area contributed by atoms with Crippen molar-refractivity contribution in [2.24, 2.45) is 0 Å². The van der Waals surface area contributed by atoms with Gasteiger partial charge in [-0.1, -0.05) is 36.0 Å². The number of nitrogens with one attached hydrogen (secondary N) is 2. The number of H-pyrrole nitrogens is 1. The van der Waals surface area contributed by atoms with Crippen LogP contribution in [0.2, 0.25) is 0 Å². The molecule has 34 heavy (non-hydrogen) atoms. The van der Waals surface area contributed by atoms with Crippen LogP contribution in [0.5, 0.6) is 17.2 Å². The Bertz CT molecular complexity index is 1300. The maximum atomic E-state index is 13.7. The number of hydrogen-bond acceptors (Lipinski definition) is 5. The van der Waals surface area contributed by atoms with E-state index in [-0.39, 0.29) is 18.1 Å². The van der Waals surface area contributed by atoms with Gasteiger partial charge in [0.2, 0.25) is 11.7 Å². The molecule has 0 aliphatic rings. The lowest BCUT2D eigenvalue weighted by Crippen LogP contribution is -2.24. The molecule has 0 saturated heterocycles. The number of ether oxygens (including phenoxy) is 3. The van der Waals surface area contributed by atoms with Crippen LogP contribution in [-0.2, 0) is 17.8 Å². The van der Waals surface area contributed by atoms with Crippen molar-refractivity contribution in [3.63, 3.8) is 0 Å². The summed E-state index contributed by atoms with van der Waals surface area (Å²) in [6, 6.07) is 17.8. The zero-order valence-electron chi connectivity index (χ0n) is 19.1. The standard InChI is InChI=1S/C26H25FN2O4S/c1-31-22-11-16(12-23(32-2)25(22)33-3)15-28-24(30)14-20-19-9-4-5-10-21(19)29-26(20)34-18-8-6-7-17(27)13-18/h4-13,29H,14-15H2,1-3H3,(H,28,30). The highest BCUT2D eigenvalue weighted by atomic mass is 32.2. The first-order valence-corrected chi connectivity index (χ1v) is 11.4. The molecule has 0 fully saturated rings. The molecule has 8 heteroatoms. The largest absolute Gasteiger partial charge is 0.493 e. The number of methoxy groups -OCH3 is 3. The Morgan fingerprint density at radius 3 is 2.38 bits per heavy atom. The highest BCUT2D eigenvalue weighted by Gasteiger charge is 2.17. The van der Waals surface area contributed by atoms with Gasteiger partial charge in [0.15, 0.2) is 11.5 Å². The normalized spacial score (nSPS) is 10.8. The van der Waals surface area contributed by atoms with Crippen LogP contribution < -0.4 is 19.5 Å². The Morgan fingerprint density at radius 1 is 0.971 bits per heavy atom. The Labute approximate surface area is 201 Å². The van der Waals surface area contributed by atoms with E-state index in [1.54, 1.807) is 39.5 Å². The predicted octanol–water partition coefficient (Wildman–Crippen LogP) is 5.34. The smallest absolute Gasteiger partial charge is 0.224 e. The summed E-state index contributed by atoms with van der Waals surface area (Å²) < 4.78 is 29.8. The molecule has 0 radical (unpaired) electrons. The van der Waals surface area contributed by atoms with E-state index in [9.17, 15) is 9.18 Å². The molecule has 2 N–H and O–H groups in total. The molecule has 4 rings (SSSR count). The number of para-hydroxylation sites is 1. The van der Waals surface area contributed by atoms with Crippen LogP contribution in [0.1, 0.15) is 11.1 Å². The zero-order valence-corrected chi connectivity index (χ0v) is 19.9. The molecule has 1 aromatic heterocycles. The van der Waals surface area contributed by atoms with Crippen molar-refractivity contribution in [1.82, 2.24) is 10.3 Å². The quantitative estimate of drug-likeness (QED) is 0.338. The predicted molar refractivity (Wildman–Crippen MR) is 130 cm³/mol. The molecule has 0 saturated carbocycles. The van der Waals surface area contributed by atoms with Gasteiger partial charge in [-0.25, -0.2) is 4.39 Å². The van der Waals surface area contributed by atoms with Crippen molar-refractivity contribution < 1.29 is 23.4 Å². The minimum Gasteiger partial charge on any atom is -0.493 e. The van der Waals surface area contributed by atoms with Crippen molar-refractivity contribution in [2.75, 3.05) is 21.3 Å². The van der Waals surface area contributed by atoms with Gasteiger partial charge in [0.1, 0.15) is 5.82 Å². The van der Waals surface area contributed by atoms with Crippen LogP contribution in [0.4, 0.5) is 4.39 Å². The number of halogens is 1. The fraction of sp³-hybridized carbons (Fsp3) is 0.192. The Morgan fingerprint density at radius 2 is 1.71 bits per heavy atom. The lowest BCUT2D eigenvalue weighted by molar-refractivity contribution is -0.120. The third-order valence-corrected chi connectivity index (χ3v) is 6.38. The second kappa shape index (κ2) is 10.5. The first-order valence-electron chi connectivity index (χ1n) is 10.6. The number of benzene rings is 3. The van der Waals surface area contributed by atoms with Crippen LogP contribution in [0, 0.1) is 5.82 Å². The van der Waals surface area contributed by atoms with Crippen LogP contribution in [-0.4, -0.2) is 32.2 Å². The third kappa shape index (κ3) is 5.12. The van der Waals surface area contributed by atoms with Gasteiger partial charge in [-0.3, -0.25) is 4.79 Å². The topological polar surface area (TPSA) is 72.6 Å². The molecular weight excluding hydrogens is 455 g/mol. The van der Waals surface area contributed by atoms with Crippen molar-refractivity contribution in [1.29, 1.82) is 0 Å². The summed E-state index contributed by atoms with van der Waals surface area (Å²) in [5, 5.41) is 4.75. The van der Waals surface area contributed by atoms with E-state index in [1.165, 1.54) is 23.9 Å². The van der Waals surface area contributed by atoms with E-state index in [0.29, 0.717) is 23.8 Å². The molecule has 0 aliphatic heterocycles. The van der Waals surface area contributed by atoms with Crippen molar-refractivity contribution >= 4 is 28.6 Å². The highest BCUT2D eigenvalue weighted by molar-refractivity contribution is 7.99. The van der Waals surface area contributed by atoms with E-state index in [4.69, 9.17) is 14.2 Å². The Kier molecular flexibility index (Phi) is 7.27. The van der Waals surface area contributed by atoms with E-state index >= 15 is 0 Å². The summed E-state index contributed by atoms with van der Waals surface area (Å²) in [4.78, 5) is 17.1. The van der Waals surface area contributed by atoms with Gasteiger partial charge in [0.25, 0.3) is 0 Å². The summed E-state index contributed by atoms with van der Waals surface area (Å²) in [5.74, 6) is 1.11. The number of amides is 1. The van der Waals surface area contributed by atoms with Gasteiger partial charge in [-0.2, -0.15) is 0 Å². The monoisotopic (exact) mass is 480 g/mol. The van der Waals surface area contributed by atoms with Crippen LogP contribution in [0.25, 0.3) is 10.9 Å².